The first kappa shape index (κ1) is 22.2. The maximum Gasteiger partial charge on any atom is 0.238 e. The SMILES string of the molecule is COc1ccc(C2(c3ccc(S(N)(=O)=O)cc3)C=NC(c3ccccc3Cl)S2)cc1Cl. The van der Waals surface area contributed by atoms with E-state index in [1.54, 1.807) is 37.1 Å². The zero-order valence-corrected chi connectivity index (χ0v) is 19.5. The van der Waals surface area contributed by atoms with Crippen LogP contribution in [-0.2, 0) is 14.8 Å². The number of hydrogen-bond acceptors (Lipinski definition) is 5. The Labute approximate surface area is 195 Å². The summed E-state index contributed by atoms with van der Waals surface area (Å²) >= 11 is 14.4. The number of nitrogens with zero attached hydrogens (tertiary/aromatic N) is 1. The first-order valence-electron chi connectivity index (χ1n) is 9.18. The normalized spacial score (nSPS) is 20.7. The minimum Gasteiger partial charge on any atom is -0.495 e. The molecule has 0 fully saturated rings. The highest BCUT2D eigenvalue weighted by atomic mass is 35.5. The van der Waals surface area contributed by atoms with E-state index in [1.807, 2.05) is 42.6 Å². The fraction of sp³-hybridized carbons (Fsp3) is 0.136. The zero-order valence-electron chi connectivity index (χ0n) is 16.3. The van der Waals surface area contributed by atoms with Crippen LogP contribution in [0.2, 0.25) is 10.0 Å². The first-order valence-corrected chi connectivity index (χ1v) is 12.4. The van der Waals surface area contributed by atoms with Crippen molar-refractivity contribution in [1.29, 1.82) is 0 Å². The van der Waals surface area contributed by atoms with Gasteiger partial charge in [0.15, 0.2) is 0 Å². The lowest BCUT2D eigenvalue weighted by Crippen LogP contribution is -2.23. The molecule has 31 heavy (non-hydrogen) atoms. The zero-order chi connectivity index (χ0) is 22.2. The third-order valence-corrected chi connectivity index (χ3v) is 8.17. The molecule has 3 aromatic rings. The number of halogens is 2. The molecule has 4 rings (SSSR count). The summed E-state index contributed by atoms with van der Waals surface area (Å²) in [5, 5.41) is 6.12. The van der Waals surface area contributed by atoms with Gasteiger partial charge in [0.1, 0.15) is 15.9 Å². The molecule has 9 heteroatoms. The van der Waals surface area contributed by atoms with Crippen LogP contribution >= 0.6 is 35.0 Å². The number of thioether (sulfide) groups is 1. The number of nitrogens with two attached hydrogens (primary N) is 1. The van der Waals surface area contributed by atoms with E-state index in [1.165, 1.54) is 12.1 Å². The number of benzene rings is 3. The molecule has 0 amide bonds. The highest BCUT2D eigenvalue weighted by Crippen LogP contribution is 2.55. The Morgan fingerprint density at radius 1 is 1.00 bits per heavy atom. The van der Waals surface area contributed by atoms with Crippen LogP contribution in [0.25, 0.3) is 0 Å². The van der Waals surface area contributed by atoms with Crippen molar-refractivity contribution in [3.8, 4) is 5.75 Å². The molecule has 0 bridgehead atoms. The van der Waals surface area contributed by atoms with Crippen molar-refractivity contribution in [2.75, 3.05) is 7.11 Å². The van der Waals surface area contributed by atoms with Crippen LogP contribution in [0.1, 0.15) is 22.1 Å². The summed E-state index contributed by atoms with van der Waals surface area (Å²) in [7, 11) is -2.24. The largest absolute Gasteiger partial charge is 0.495 e. The van der Waals surface area contributed by atoms with E-state index in [2.05, 4.69) is 0 Å². The topological polar surface area (TPSA) is 81.8 Å². The highest BCUT2D eigenvalue weighted by molar-refractivity contribution is 8.01. The van der Waals surface area contributed by atoms with Gasteiger partial charge in [-0.25, -0.2) is 13.6 Å². The molecule has 0 saturated heterocycles. The third kappa shape index (κ3) is 4.21. The number of methoxy groups -OCH3 is 1. The lowest BCUT2D eigenvalue weighted by Gasteiger charge is -2.29. The van der Waals surface area contributed by atoms with Crippen LogP contribution in [-0.4, -0.2) is 21.7 Å². The van der Waals surface area contributed by atoms with E-state index in [0.29, 0.717) is 15.8 Å². The van der Waals surface area contributed by atoms with Gasteiger partial charge in [0.2, 0.25) is 10.0 Å². The second kappa shape index (κ2) is 8.48. The predicted octanol–water partition coefficient (Wildman–Crippen LogP) is 5.41. The minimum atomic E-state index is -3.80. The molecule has 0 aromatic heterocycles. The van der Waals surface area contributed by atoms with Gasteiger partial charge in [-0.05, 0) is 41.5 Å². The highest BCUT2D eigenvalue weighted by Gasteiger charge is 2.41. The maximum atomic E-state index is 11.7. The molecule has 1 aliphatic rings. The Balaban J connectivity index is 1.84. The Morgan fingerprint density at radius 3 is 2.29 bits per heavy atom. The molecule has 1 aliphatic heterocycles. The van der Waals surface area contributed by atoms with Gasteiger partial charge in [-0.15, -0.1) is 11.8 Å². The second-order valence-electron chi connectivity index (χ2n) is 6.92. The van der Waals surface area contributed by atoms with E-state index < -0.39 is 14.8 Å². The van der Waals surface area contributed by atoms with Gasteiger partial charge in [-0.1, -0.05) is 59.6 Å². The smallest absolute Gasteiger partial charge is 0.238 e. The standard InChI is InChI=1S/C22H18Cl2N2O3S2/c1-29-20-11-8-15(12-19(20)24)22(14-6-9-16(10-7-14)31(25,27)28)13-26-21(30-22)17-4-2-3-5-18(17)23/h2-13,21H,1H3,(H2,25,27,28). The number of rotatable bonds is 5. The number of aliphatic imine (C=N–C) groups is 1. The van der Waals surface area contributed by atoms with Crippen LogP contribution in [0.15, 0.2) is 76.6 Å². The molecule has 160 valence electrons. The molecule has 0 aliphatic carbocycles. The van der Waals surface area contributed by atoms with Gasteiger partial charge in [-0.3, -0.25) is 4.99 Å². The van der Waals surface area contributed by atoms with Crippen molar-refractivity contribution in [3.05, 3.63) is 93.5 Å². The summed E-state index contributed by atoms with van der Waals surface area (Å²) in [5.41, 5.74) is 2.61. The van der Waals surface area contributed by atoms with E-state index in [4.69, 9.17) is 38.1 Å². The monoisotopic (exact) mass is 492 g/mol. The van der Waals surface area contributed by atoms with Crippen LogP contribution in [0.3, 0.4) is 0 Å². The molecule has 0 spiro atoms. The van der Waals surface area contributed by atoms with Crippen molar-refractivity contribution >= 4 is 51.2 Å². The lowest BCUT2D eigenvalue weighted by molar-refractivity contribution is 0.415. The van der Waals surface area contributed by atoms with Crippen molar-refractivity contribution in [2.45, 2.75) is 15.0 Å². The number of hydrogen-bond donors (Lipinski definition) is 1. The molecule has 2 unspecified atom stereocenters. The molecular weight excluding hydrogens is 475 g/mol. The first-order chi connectivity index (χ1) is 14.7. The molecular formula is C22H18Cl2N2O3S2. The number of ether oxygens (including phenoxy) is 1. The van der Waals surface area contributed by atoms with Crippen LogP contribution < -0.4 is 9.88 Å². The van der Waals surface area contributed by atoms with Crippen molar-refractivity contribution in [2.24, 2.45) is 10.1 Å². The average Bonchev–Trinajstić information content (AvgIpc) is 3.20. The maximum absolute atomic E-state index is 11.7. The Kier molecular flexibility index (Phi) is 6.07. The van der Waals surface area contributed by atoms with Crippen molar-refractivity contribution in [1.82, 2.24) is 0 Å². The Morgan fingerprint density at radius 2 is 1.68 bits per heavy atom. The summed E-state index contributed by atoms with van der Waals surface area (Å²) in [5.74, 6) is 0.563. The van der Waals surface area contributed by atoms with E-state index in [9.17, 15) is 8.42 Å². The van der Waals surface area contributed by atoms with E-state index in [0.717, 1.165) is 16.7 Å². The molecule has 2 atom stereocenters. The van der Waals surface area contributed by atoms with Crippen molar-refractivity contribution < 1.29 is 13.2 Å². The van der Waals surface area contributed by atoms with Gasteiger partial charge < -0.3 is 4.74 Å². The molecule has 5 nitrogen and oxygen atoms in total. The Hall–Kier alpha value is -2.03. The summed E-state index contributed by atoms with van der Waals surface area (Å²) in [4.78, 5) is 4.80. The van der Waals surface area contributed by atoms with Gasteiger partial charge in [-0.2, -0.15) is 0 Å². The van der Waals surface area contributed by atoms with E-state index >= 15 is 0 Å². The minimum absolute atomic E-state index is 0.0433. The molecule has 1 heterocycles. The number of sulfonamides is 1. The average molecular weight is 493 g/mol. The predicted molar refractivity (Wildman–Crippen MR) is 127 cm³/mol. The van der Waals surface area contributed by atoms with E-state index in [-0.39, 0.29) is 10.3 Å². The Bertz CT molecular complexity index is 1260. The summed E-state index contributed by atoms with van der Waals surface area (Å²) in [6, 6.07) is 19.6. The lowest BCUT2D eigenvalue weighted by atomic mass is 9.91. The third-order valence-electron chi connectivity index (χ3n) is 5.05. The van der Waals surface area contributed by atoms with Gasteiger partial charge in [0.05, 0.1) is 17.0 Å². The fourth-order valence-corrected chi connectivity index (χ4v) is 6.01. The van der Waals surface area contributed by atoms with Crippen molar-refractivity contribution in [3.63, 3.8) is 0 Å². The fourth-order valence-electron chi connectivity index (χ4n) is 3.47. The summed E-state index contributed by atoms with van der Waals surface area (Å²) in [6.45, 7) is 0. The van der Waals surface area contributed by atoms with Gasteiger partial charge in [0, 0.05) is 16.8 Å². The summed E-state index contributed by atoms with van der Waals surface area (Å²) < 4.78 is 28.0. The van der Waals surface area contributed by atoms with Crippen LogP contribution in [0, 0.1) is 0 Å². The van der Waals surface area contributed by atoms with Crippen LogP contribution in [0.5, 0.6) is 5.75 Å². The van der Waals surface area contributed by atoms with Gasteiger partial charge >= 0.3 is 0 Å². The quantitative estimate of drug-likeness (QED) is 0.516. The molecule has 0 radical (unpaired) electrons. The molecule has 0 saturated carbocycles. The second-order valence-corrected chi connectivity index (χ2v) is 10.6. The number of primary sulfonamides is 1. The molecule has 2 N–H and O–H groups in total. The van der Waals surface area contributed by atoms with Gasteiger partial charge in [0.25, 0.3) is 0 Å². The summed E-state index contributed by atoms with van der Waals surface area (Å²) in [6.07, 6.45) is 1.86. The molecule has 3 aromatic carbocycles. The van der Waals surface area contributed by atoms with Crippen LogP contribution in [0.4, 0.5) is 0 Å².